The number of pyridine rings is 1. The van der Waals surface area contributed by atoms with E-state index >= 15 is 0 Å². The van der Waals surface area contributed by atoms with Gasteiger partial charge in [0.25, 0.3) is 5.91 Å². The van der Waals surface area contributed by atoms with Crippen molar-refractivity contribution in [1.82, 2.24) is 15.2 Å². The van der Waals surface area contributed by atoms with E-state index in [-0.39, 0.29) is 36.1 Å². The quantitative estimate of drug-likeness (QED) is 0.483. The number of piperidine rings is 1. The van der Waals surface area contributed by atoms with E-state index in [1.54, 1.807) is 30.5 Å². The highest BCUT2D eigenvalue weighted by molar-refractivity contribution is 5.97. The fourth-order valence-corrected chi connectivity index (χ4v) is 3.99. The van der Waals surface area contributed by atoms with Gasteiger partial charge in [0.05, 0.1) is 17.7 Å². The maximum Gasteiger partial charge on any atom is 0.387 e. The molecule has 4 rings (SSSR count). The molecule has 1 saturated heterocycles. The zero-order chi connectivity index (χ0) is 25.5. The van der Waals surface area contributed by atoms with E-state index in [0.717, 1.165) is 0 Å². The Bertz CT molecular complexity index is 1210. The van der Waals surface area contributed by atoms with Crippen LogP contribution in [0.2, 0.25) is 0 Å². The first kappa shape index (κ1) is 25.0. The van der Waals surface area contributed by atoms with Crippen LogP contribution < -0.4 is 14.8 Å². The van der Waals surface area contributed by atoms with Crippen LogP contribution in [0.25, 0.3) is 0 Å². The van der Waals surface area contributed by atoms with Gasteiger partial charge in [-0.3, -0.25) is 14.6 Å². The molecule has 3 aromatic rings. The number of amides is 2. The van der Waals surface area contributed by atoms with E-state index in [9.17, 15) is 22.8 Å². The molecule has 1 N–H and O–H groups in total. The average molecular weight is 499 g/mol. The van der Waals surface area contributed by atoms with Crippen LogP contribution in [0.1, 0.15) is 28.8 Å². The minimum absolute atomic E-state index is 0.0166. The van der Waals surface area contributed by atoms with E-state index in [0.29, 0.717) is 30.7 Å². The van der Waals surface area contributed by atoms with Crippen molar-refractivity contribution in [2.45, 2.75) is 26.0 Å². The summed E-state index contributed by atoms with van der Waals surface area (Å²) in [6.07, 6.45) is 4.20. The summed E-state index contributed by atoms with van der Waals surface area (Å²) in [7, 11) is 0. The third-order valence-electron chi connectivity index (χ3n) is 5.74. The topological polar surface area (TPSA) is 80.8 Å². The SMILES string of the molecule is O=C(NCc1ccc(Oc2cccnc2)c(F)c1)C1CCCN(C(=O)c2ccccc2OC(F)F)C1. The lowest BCUT2D eigenvalue weighted by atomic mass is 9.96. The number of carbonyl (C=O) groups is 2. The van der Waals surface area contributed by atoms with Gasteiger partial charge in [0.1, 0.15) is 11.5 Å². The van der Waals surface area contributed by atoms with Gasteiger partial charge < -0.3 is 19.7 Å². The second-order valence-electron chi connectivity index (χ2n) is 8.24. The van der Waals surface area contributed by atoms with Gasteiger partial charge in [-0.05, 0) is 54.8 Å². The summed E-state index contributed by atoms with van der Waals surface area (Å²) < 4.78 is 49.8. The maximum absolute atomic E-state index is 14.5. The lowest BCUT2D eigenvalue weighted by molar-refractivity contribution is -0.126. The summed E-state index contributed by atoms with van der Waals surface area (Å²) in [5.74, 6) is -1.58. The van der Waals surface area contributed by atoms with E-state index in [4.69, 9.17) is 4.74 Å². The summed E-state index contributed by atoms with van der Waals surface area (Å²) in [6, 6.07) is 13.5. The highest BCUT2D eigenvalue weighted by atomic mass is 19.3. The van der Waals surface area contributed by atoms with Crippen molar-refractivity contribution in [3.05, 3.63) is 83.9 Å². The molecule has 0 radical (unpaired) electrons. The molecule has 0 saturated carbocycles. The molecule has 0 bridgehead atoms. The predicted molar refractivity (Wildman–Crippen MR) is 124 cm³/mol. The summed E-state index contributed by atoms with van der Waals surface area (Å²) in [5, 5.41) is 2.78. The standard InChI is InChI=1S/C26H24F3N3O4/c27-21-13-17(9-10-23(21)35-19-6-3-11-30-15-19)14-31-24(33)18-5-4-12-32(16-18)25(34)20-7-1-2-8-22(20)36-26(28)29/h1-3,6-11,13,15,18,26H,4-5,12,14,16H2,(H,31,33). The number of nitrogens with zero attached hydrogens (tertiary/aromatic N) is 2. The molecule has 2 aromatic carbocycles. The molecule has 1 atom stereocenters. The molecule has 1 unspecified atom stereocenters. The minimum atomic E-state index is -3.06. The Morgan fingerprint density at radius 1 is 1.11 bits per heavy atom. The molecule has 1 aromatic heterocycles. The van der Waals surface area contributed by atoms with Crippen molar-refractivity contribution in [3.63, 3.8) is 0 Å². The Kier molecular flexibility index (Phi) is 8.04. The number of likely N-dealkylation sites (tertiary alicyclic amines) is 1. The van der Waals surface area contributed by atoms with E-state index in [2.05, 4.69) is 15.0 Å². The van der Waals surface area contributed by atoms with Crippen LogP contribution in [0.4, 0.5) is 13.2 Å². The Hall–Kier alpha value is -4.08. The molecule has 0 aliphatic carbocycles. The number of hydrogen-bond acceptors (Lipinski definition) is 5. The molecule has 7 nitrogen and oxygen atoms in total. The van der Waals surface area contributed by atoms with Crippen molar-refractivity contribution in [3.8, 4) is 17.2 Å². The number of carbonyl (C=O) groups excluding carboxylic acids is 2. The van der Waals surface area contributed by atoms with Gasteiger partial charge in [0.15, 0.2) is 11.6 Å². The van der Waals surface area contributed by atoms with E-state index in [1.165, 1.54) is 41.4 Å². The third-order valence-corrected chi connectivity index (χ3v) is 5.74. The molecule has 2 amide bonds. The number of nitrogens with one attached hydrogen (secondary N) is 1. The van der Waals surface area contributed by atoms with Crippen molar-refractivity contribution >= 4 is 11.8 Å². The maximum atomic E-state index is 14.5. The average Bonchev–Trinajstić information content (AvgIpc) is 2.89. The molecule has 2 heterocycles. The van der Waals surface area contributed by atoms with Gasteiger partial charge in [0, 0.05) is 25.8 Å². The molecule has 1 fully saturated rings. The van der Waals surface area contributed by atoms with Crippen LogP contribution >= 0.6 is 0 Å². The Morgan fingerprint density at radius 2 is 1.94 bits per heavy atom. The summed E-state index contributed by atoms with van der Waals surface area (Å²) >= 11 is 0. The van der Waals surface area contributed by atoms with Crippen molar-refractivity contribution in [1.29, 1.82) is 0 Å². The van der Waals surface area contributed by atoms with Gasteiger partial charge in [0.2, 0.25) is 5.91 Å². The number of rotatable bonds is 8. The van der Waals surface area contributed by atoms with Crippen molar-refractivity contribution < 1.29 is 32.2 Å². The second-order valence-corrected chi connectivity index (χ2v) is 8.24. The largest absolute Gasteiger partial charge is 0.453 e. The molecule has 188 valence electrons. The normalized spacial score (nSPS) is 15.4. The third kappa shape index (κ3) is 6.32. The first-order chi connectivity index (χ1) is 17.4. The number of aromatic nitrogens is 1. The number of ether oxygens (including phenoxy) is 2. The molecule has 36 heavy (non-hydrogen) atoms. The zero-order valence-corrected chi connectivity index (χ0v) is 19.2. The molecule has 10 heteroatoms. The van der Waals surface area contributed by atoms with Crippen LogP contribution in [0, 0.1) is 11.7 Å². The minimum Gasteiger partial charge on any atom is -0.453 e. The Balaban J connectivity index is 1.34. The lowest BCUT2D eigenvalue weighted by Crippen LogP contribution is -2.45. The van der Waals surface area contributed by atoms with Crippen LogP contribution in [0.15, 0.2) is 67.0 Å². The Labute approximate surface area is 205 Å². The fraction of sp³-hybridized carbons (Fsp3) is 0.269. The van der Waals surface area contributed by atoms with Crippen LogP contribution in [0.3, 0.4) is 0 Å². The molecular formula is C26H24F3N3O4. The molecule has 1 aliphatic rings. The molecule has 0 spiro atoms. The van der Waals surface area contributed by atoms with Crippen molar-refractivity contribution in [2.24, 2.45) is 5.92 Å². The van der Waals surface area contributed by atoms with Gasteiger partial charge in [-0.1, -0.05) is 18.2 Å². The van der Waals surface area contributed by atoms with Gasteiger partial charge in [-0.25, -0.2) is 4.39 Å². The zero-order valence-electron chi connectivity index (χ0n) is 19.2. The van der Waals surface area contributed by atoms with Gasteiger partial charge >= 0.3 is 6.61 Å². The fourth-order valence-electron chi connectivity index (χ4n) is 3.99. The monoisotopic (exact) mass is 499 g/mol. The van der Waals surface area contributed by atoms with E-state index in [1.807, 2.05) is 0 Å². The Morgan fingerprint density at radius 3 is 2.69 bits per heavy atom. The number of benzene rings is 2. The highest BCUT2D eigenvalue weighted by Gasteiger charge is 2.30. The van der Waals surface area contributed by atoms with Gasteiger partial charge in [-0.2, -0.15) is 8.78 Å². The molecule has 1 aliphatic heterocycles. The first-order valence-electron chi connectivity index (χ1n) is 11.4. The van der Waals surface area contributed by atoms with Crippen LogP contribution in [-0.4, -0.2) is 41.4 Å². The summed E-state index contributed by atoms with van der Waals surface area (Å²) in [6.45, 7) is -2.42. The number of halogens is 3. The van der Waals surface area contributed by atoms with E-state index < -0.39 is 24.3 Å². The highest BCUT2D eigenvalue weighted by Crippen LogP contribution is 2.26. The van der Waals surface area contributed by atoms with Crippen LogP contribution in [-0.2, 0) is 11.3 Å². The van der Waals surface area contributed by atoms with Gasteiger partial charge in [-0.15, -0.1) is 0 Å². The van der Waals surface area contributed by atoms with Crippen LogP contribution in [0.5, 0.6) is 17.2 Å². The van der Waals surface area contributed by atoms with Crippen molar-refractivity contribution in [2.75, 3.05) is 13.1 Å². The second kappa shape index (κ2) is 11.6. The smallest absolute Gasteiger partial charge is 0.387 e. The molecular weight excluding hydrogens is 475 g/mol. The number of hydrogen-bond donors (Lipinski definition) is 1. The predicted octanol–water partition coefficient (Wildman–Crippen LogP) is 4.78. The number of alkyl halides is 2. The lowest BCUT2D eigenvalue weighted by Gasteiger charge is -2.32. The summed E-state index contributed by atoms with van der Waals surface area (Å²) in [5.41, 5.74) is 0.559. The number of para-hydroxylation sites is 1. The summed E-state index contributed by atoms with van der Waals surface area (Å²) in [4.78, 5) is 31.1. The first-order valence-corrected chi connectivity index (χ1v) is 11.4.